The number of aryl methyl sites for hydroxylation is 1. The van der Waals surface area contributed by atoms with E-state index in [-0.39, 0.29) is 5.91 Å². The molecule has 1 aromatic carbocycles. The summed E-state index contributed by atoms with van der Waals surface area (Å²) < 4.78 is 5.81. The van der Waals surface area contributed by atoms with E-state index in [1.54, 1.807) is 0 Å². The van der Waals surface area contributed by atoms with Gasteiger partial charge in [0.2, 0.25) is 0 Å². The molecule has 0 unspecified atom stereocenters. The molecule has 0 spiro atoms. The van der Waals surface area contributed by atoms with Crippen LogP contribution in [0.5, 0.6) is 5.75 Å². The molecule has 1 N–H and O–H groups in total. The van der Waals surface area contributed by atoms with Gasteiger partial charge in [0.25, 0.3) is 5.91 Å². The second-order valence-corrected chi connectivity index (χ2v) is 7.66. The second-order valence-electron chi connectivity index (χ2n) is 6.25. The van der Waals surface area contributed by atoms with Crippen LogP contribution in [0.4, 0.5) is 0 Å². The summed E-state index contributed by atoms with van der Waals surface area (Å²) in [5.41, 5.74) is 1.19. The van der Waals surface area contributed by atoms with Crippen molar-refractivity contribution in [2.45, 2.75) is 63.7 Å². The minimum atomic E-state index is -0.405. The Kier molecular flexibility index (Phi) is 7.80. The molecule has 23 heavy (non-hydrogen) atoms. The summed E-state index contributed by atoms with van der Waals surface area (Å²) in [6.45, 7) is 4.75. The van der Waals surface area contributed by atoms with Gasteiger partial charge in [0.1, 0.15) is 5.75 Å². The van der Waals surface area contributed by atoms with Crippen LogP contribution in [0.25, 0.3) is 0 Å². The van der Waals surface area contributed by atoms with Crippen molar-refractivity contribution in [3.05, 3.63) is 29.8 Å². The molecule has 2 rings (SSSR count). The first-order valence-electron chi connectivity index (χ1n) is 8.81. The normalized spacial score (nSPS) is 16.8. The summed E-state index contributed by atoms with van der Waals surface area (Å²) in [6, 6.07) is 7.84. The van der Waals surface area contributed by atoms with Gasteiger partial charge in [-0.1, -0.05) is 43.9 Å². The molecule has 1 amide bonds. The summed E-state index contributed by atoms with van der Waals surface area (Å²) in [6.07, 6.45) is 7.08. The number of ether oxygens (including phenoxy) is 1. The molecule has 4 heteroatoms. The van der Waals surface area contributed by atoms with Gasteiger partial charge in [-0.2, -0.15) is 11.8 Å². The van der Waals surface area contributed by atoms with Gasteiger partial charge in [-0.3, -0.25) is 4.79 Å². The van der Waals surface area contributed by atoms with Crippen molar-refractivity contribution in [1.82, 2.24) is 5.32 Å². The first-order chi connectivity index (χ1) is 11.2. The third kappa shape index (κ3) is 6.46. The first kappa shape index (κ1) is 18.2. The minimum absolute atomic E-state index is 0.00248. The van der Waals surface area contributed by atoms with Gasteiger partial charge in [-0.25, -0.2) is 0 Å². The van der Waals surface area contributed by atoms with E-state index in [1.807, 2.05) is 49.9 Å². The molecule has 1 atom stereocenters. The molecule has 0 aliphatic heterocycles. The van der Waals surface area contributed by atoms with Gasteiger partial charge >= 0.3 is 0 Å². The Morgan fingerprint density at radius 2 is 1.96 bits per heavy atom. The highest BCUT2D eigenvalue weighted by molar-refractivity contribution is 7.99. The molecule has 1 aliphatic carbocycles. The number of nitrogens with one attached hydrogen (secondary N) is 1. The van der Waals surface area contributed by atoms with Crippen LogP contribution < -0.4 is 10.1 Å². The van der Waals surface area contributed by atoms with E-state index in [9.17, 15) is 4.79 Å². The van der Waals surface area contributed by atoms with Crippen molar-refractivity contribution >= 4 is 17.7 Å². The number of amides is 1. The zero-order valence-electron chi connectivity index (χ0n) is 14.3. The zero-order chi connectivity index (χ0) is 16.5. The molecule has 0 radical (unpaired) electrons. The van der Waals surface area contributed by atoms with Gasteiger partial charge in [0.15, 0.2) is 6.10 Å². The van der Waals surface area contributed by atoms with Crippen molar-refractivity contribution in [1.29, 1.82) is 0 Å². The largest absolute Gasteiger partial charge is 0.481 e. The number of carbonyl (C=O) groups is 1. The second kappa shape index (κ2) is 9.86. The van der Waals surface area contributed by atoms with Gasteiger partial charge in [0.05, 0.1) is 0 Å². The summed E-state index contributed by atoms with van der Waals surface area (Å²) in [5.74, 6) is 1.75. The monoisotopic (exact) mass is 335 g/mol. The van der Waals surface area contributed by atoms with E-state index in [0.29, 0.717) is 6.42 Å². The fourth-order valence-corrected chi connectivity index (χ4v) is 4.07. The fraction of sp³-hybridized carbons (Fsp3) is 0.632. The Morgan fingerprint density at radius 1 is 1.26 bits per heavy atom. The standard InChI is InChI=1S/C19H29NO2S/c1-3-18(22-16-11-9-15(2)10-12-16)19(21)20-13-14-23-17-7-5-4-6-8-17/h9-12,17-18H,3-8,13-14H2,1-2H3,(H,20,21)/t18-/m1/s1. The van der Waals surface area contributed by atoms with E-state index in [0.717, 1.165) is 23.3 Å². The lowest BCUT2D eigenvalue weighted by Gasteiger charge is -2.21. The van der Waals surface area contributed by atoms with Gasteiger partial charge in [-0.15, -0.1) is 0 Å². The Bertz CT molecular complexity index is 469. The molecular formula is C19H29NO2S. The maximum atomic E-state index is 12.3. The maximum absolute atomic E-state index is 12.3. The lowest BCUT2D eigenvalue weighted by Crippen LogP contribution is -2.39. The molecule has 1 saturated carbocycles. The molecule has 128 valence electrons. The average Bonchev–Trinajstić information content (AvgIpc) is 2.59. The van der Waals surface area contributed by atoms with Crippen molar-refractivity contribution in [2.24, 2.45) is 0 Å². The van der Waals surface area contributed by atoms with E-state index in [2.05, 4.69) is 5.32 Å². The lowest BCUT2D eigenvalue weighted by atomic mass is 10.0. The average molecular weight is 336 g/mol. The molecule has 0 aromatic heterocycles. The van der Waals surface area contributed by atoms with Crippen LogP contribution in [0.1, 0.15) is 51.0 Å². The Labute approximate surface area is 144 Å². The topological polar surface area (TPSA) is 38.3 Å². The summed E-state index contributed by atoms with van der Waals surface area (Å²) >= 11 is 2.01. The van der Waals surface area contributed by atoms with Crippen LogP contribution >= 0.6 is 11.8 Å². The van der Waals surface area contributed by atoms with E-state index in [4.69, 9.17) is 4.74 Å². The van der Waals surface area contributed by atoms with Gasteiger partial charge < -0.3 is 10.1 Å². The minimum Gasteiger partial charge on any atom is -0.481 e. The molecular weight excluding hydrogens is 306 g/mol. The molecule has 1 aromatic rings. The SMILES string of the molecule is CC[C@@H](Oc1ccc(C)cc1)C(=O)NCCSC1CCCCC1. The number of rotatable bonds is 8. The van der Waals surface area contributed by atoms with Crippen LogP contribution in [-0.2, 0) is 4.79 Å². The van der Waals surface area contributed by atoms with Crippen LogP contribution in [0, 0.1) is 6.92 Å². The van der Waals surface area contributed by atoms with Crippen LogP contribution in [0.3, 0.4) is 0 Å². The lowest BCUT2D eigenvalue weighted by molar-refractivity contribution is -0.127. The zero-order valence-corrected chi connectivity index (χ0v) is 15.2. The van der Waals surface area contributed by atoms with Crippen molar-refractivity contribution in [3.63, 3.8) is 0 Å². The third-order valence-electron chi connectivity index (χ3n) is 4.27. The number of benzene rings is 1. The molecule has 1 aliphatic rings. The van der Waals surface area contributed by atoms with Crippen LogP contribution in [-0.4, -0.2) is 29.6 Å². The van der Waals surface area contributed by atoms with Crippen LogP contribution in [0.2, 0.25) is 0 Å². The molecule has 3 nitrogen and oxygen atoms in total. The summed E-state index contributed by atoms with van der Waals surface area (Å²) in [5, 5.41) is 3.82. The van der Waals surface area contributed by atoms with Crippen LogP contribution in [0.15, 0.2) is 24.3 Å². The van der Waals surface area contributed by atoms with Crippen molar-refractivity contribution < 1.29 is 9.53 Å². The number of carbonyl (C=O) groups excluding carboxylic acids is 1. The van der Waals surface area contributed by atoms with E-state index >= 15 is 0 Å². The number of thioether (sulfide) groups is 1. The van der Waals surface area contributed by atoms with Gasteiger partial charge in [-0.05, 0) is 38.3 Å². The highest BCUT2D eigenvalue weighted by atomic mass is 32.2. The highest BCUT2D eigenvalue weighted by Crippen LogP contribution is 2.27. The Morgan fingerprint density at radius 3 is 2.61 bits per heavy atom. The fourth-order valence-electron chi connectivity index (χ4n) is 2.85. The first-order valence-corrected chi connectivity index (χ1v) is 9.86. The molecule has 0 bridgehead atoms. The number of hydrogen-bond donors (Lipinski definition) is 1. The molecule has 0 heterocycles. The van der Waals surface area contributed by atoms with E-state index < -0.39 is 6.10 Å². The smallest absolute Gasteiger partial charge is 0.261 e. The Balaban J connectivity index is 1.68. The predicted octanol–water partition coefficient (Wildman–Crippen LogP) is 4.33. The predicted molar refractivity (Wildman–Crippen MR) is 98.2 cm³/mol. The van der Waals surface area contributed by atoms with Crippen molar-refractivity contribution in [3.8, 4) is 5.75 Å². The Hall–Kier alpha value is -1.16. The molecule has 0 saturated heterocycles. The summed E-state index contributed by atoms with van der Waals surface area (Å²) in [7, 11) is 0. The summed E-state index contributed by atoms with van der Waals surface area (Å²) in [4.78, 5) is 12.3. The number of hydrogen-bond acceptors (Lipinski definition) is 3. The van der Waals surface area contributed by atoms with E-state index in [1.165, 1.54) is 37.7 Å². The maximum Gasteiger partial charge on any atom is 0.261 e. The molecule has 1 fully saturated rings. The quantitative estimate of drug-likeness (QED) is 0.718. The van der Waals surface area contributed by atoms with Crippen molar-refractivity contribution in [2.75, 3.05) is 12.3 Å². The highest BCUT2D eigenvalue weighted by Gasteiger charge is 2.18. The third-order valence-corrected chi connectivity index (χ3v) is 5.65. The van der Waals surface area contributed by atoms with Gasteiger partial charge in [0, 0.05) is 17.5 Å².